The normalized spacial score (nSPS) is 35.4. The van der Waals surface area contributed by atoms with Crippen LogP contribution in [0.1, 0.15) is 12.8 Å². The van der Waals surface area contributed by atoms with E-state index in [9.17, 15) is 9.59 Å². The molecule has 3 unspecified atom stereocenters. The van der Waals surface area contributed by atoms with Gasteiger partial charge in [0, 0.05) is 18.3 Å². The van der Waals surface area contributed by atoms with E-state index in [1.165, 1.54) is 0 Å². The van der Waals surface area contributed by atoms with Crippen LogP contribution in [0, 0.1) is 17.8 Å². The van der Waals surface area contributed by atoms with E-state index in [1.807, 2.05) is 12.2 Å². The molecule has 0 aromatic rings. The van der Waals surface area contributed by atoms with Crippen LogP contribution in [0.25, 0.3) is 0 Å². The fourth-order valence-corrected chi connectivity index (χ4v) is 2.25. The molecule has 0 saturated carbocycles. The molecular formula is C11H12O3. The standard InChI is InChI=1S/C11H12O3/c12-10-6-2-3-7-8(10)4-1-5-9(7)11(13)14/h1-3,5,7-9H,4,6H2,(H,13,14). The van der Waals surface area contributed by atoms with Gasteiger partial charge in [-0.3, -0.25) is 9.59 Å². The lowest BCUT2D eigenvalue weighted by Crippen LogP contribution is -2.35. The van der Waals surface area contributed by atoms with E-state index in [0.29, 0.717) is 12.8 Å². The van der Waals surface area contributed by atoms with Crippen LogP contribution in [0.5, 0.6) is 0 Å². The molecule has 1 N–H and O–H groups in total. The fraction of sp³-hybridized carbons (Fsp3) is 0.455. The van der Waals surface area contributed by atoms with Crippen molar-refractivity contribution in [3.05, 3.63) is 24.3 Å². The van der Waals surface area contributed by atoms with E-state index in [4.69, 9.17) is 5.11 Å². The van der Waals surface area contributed by atoms with Gasteiger partial charge in [-0.2, -0.15) is 0 Å². The molecule has 3 nitrogen and oxygen atoms in total. The molecule has 0 amide bonds. The van der Waals surface area contributed by atoms with Crippen LogP contribution in [0.2, 0.25) is 0 Å². The second-order valence-electron chi connectivity index (χ2n) is 3.81. The number of Topliss-reactive ketones (excluding diaryl/α,β-unsaturated/α-hetero) is 1. The maximum atomic E-state index is 11.5. The second kappa shape index (κ2) is 3.40. The van der Waals surface area contributed by atoms with Gasteiger partial charge in [0.2, 0.25) is 0 Å². The molecule has 0 bridgehead atoms. The molecule has 14 heavy (non-hydrogen) atoms. The zero-order valence-corrected chi connectivity index (χ0v) is 7.72. The predicted octanol–water partition coefficient (Wildman–Crippen LogP) is 1.41. The number of ketones is 1. The van der Waals surface area contributed by atoms with Crippen LogP contribution in [0.3, 0.4) is 0 Å². The van der Waals surface area contributed by atoms with Gasteiger partial charge in [-0.25, -0.2) is 0 Å². The average molecular weight is 192 g/mol. The number of allylic oxidation sites excluding steroid dienone is 3. The lowest BCUT2D eigenvalue weighted by molar-refractivity contribution is -0.142. The lowest BCUT2D eigenvalue weighted by Gasteiger charge is -2.31. The van der Waals surface area contributed by atoms with Gasteiger partial charge >= 0.3 is 5.97 Å². The molecule has 2 aliphatic rings. The molecule has 0 radical (unpaired) electrons. The van der Waals surface area contributed by atoms with E-state index in [0.717, 1.165) is 0 Å². The van der Waals surface area contributed by atoms with Gasteiger partial charge in [0.05, 0.1) is 5.92 Å². The van der Waals surface area contributed by atoms with E-state index in [1.54, 1.807) is 12.2 Å². The highest BCUT2D eigenvalue weighted by molar-refractivity contribution is 5.86. The fourth-order valence-electron chi connectivity index (χ4n) is 2.25. The summed E-state index contributed by atoms with van der Waals surface area (Å²) in [6.07, 6.45) is 8.34. The molecule has 74 valence electrons. The third kappa shape index (κ3) is 1.39. The van der Waals surface area contributed by atoms with Crippen LogP contribution in [-0.2, 0) is 9.59 Å². The number of aliphatic carboxylic acids is 1. The zero-order valence-electron chi connectivity index (χ0n) is 7.72. The smallest absolute Gasteiger partial charge is 0.310 e. The Morgan fingerprint density at radius 3 is 2.86 bits per heavy atom. The highest BCUT2D eigenvalue weighted by atomic mass is 16.4. The summed E-state index contributed by atoms with van der Waals surface area (Å²) in [5.41, 5.74) is 0. The van der Waals surface area contributed by atoms with Crippen molar-refractivity contribution >= 4 is 11.8 Å². The van der Waals surface area contributed by atoms with Gasteiger partial charge in [0.1, 0.15) is 5.78 Å². The first kappa shape index (κ1) is 9.19. The zero-order chi connectivity index (χ0) is 10.1. The van der Waals surface area contributed by atoms with Gasteiger partial charge in [-0.1, -0.05) is 24.3 Å². The van der Waals surface area contributed by atoms with Crippen molar-refractivity contribution in [2.45, 2.75) is 12.8 Å². The summed E-state index contributed by atoms with van der Waals surface area (Å²) in [6.45, 7) is 0. The van der Waals surface area contributed by atoms with Crippen molar-refractivity contribution in [2.24, 2.45) is 17.8 Å². The number of fused-ring (bicyclic) bond motifs is 1. The molecule has 0 spiro atoms. The van der Waals surface area contributed by atoms with Gasteiger partial charge < -0.3 is 5.11 Å². The second-order valence-corrected chi connectivity index (χ2v) is 3.81. The van der Waals surface area contributed by atoms with Crippen LogP contribution in [0.15, 0.2) is 24.3 Å². The van der Waals surface area contributed by atoms with Gasteiger partial charge in [0.25, 0.3) is 0 Å². The third-order valence-corrected chi connectivity index (χ3v) is 2.99. The van der Waals surface area contributed by atoms with Crippen molar-refractivity contribution in [2.75, 3.05) is 0 Å². The minimum atomic E-state index is -0.838. The van der Waals surface area contributed by atoms with E-state index in [2.05, 4.69) is 0 Å². The Hall–Kier alpha value is -1.38. The maximum Gasteiger partial charge on any atom is 0.310 e. The van der Waals surface area contributed by atoms with Crippen molar-refractivity contribution < 1.29 is 14.7 Å². The minimum absolute atomic E-state index is 0.105. The first-order valence-corrected chi connectivity index (χ1v) is 4.79. The summed E-state index contributed by atoms with van der Waals surface area (Å²) in [5, 5.41) is 8.97. The van der Waals surface area contributed by atoms with Gasteiger partial charge in [0.15, 0.2) is 0 Å². The van der Waals surface area contributed by atoms with Crippen LogP contribution < -0.4 is 0 Å². The molecule has 0 heterocycles. The summed E-state index contributed by atoms with van der Waals surface area (Å²) in [7, 11) is 0. The first-order valence-electron chi connectivity index (χ1n) is 4.79. The summed E-state index contributed by atoms with van der Waals surface area (Å²) < 4.78 is 0. The molecular weight excluding hydrogens is 180 g/mol. The number of rotatable bonds is 1. The summed E-state index contributed by atoms with van der Waals surface area (Å²) >= 11 is 0. The number of carboxylic acids is 1. The number of carbonyl (C=O) groups is 2. The van der Waals surface area contributed by atoms with E-state index in [-0.39, 0.29) is 17.6 Å². The Balaban J connectivity index is 2.31. The molecule has 0 aromatic carbocycles. The van der Waals surface area contributed by atoms with E-state index >= 15 is 0 Å². The number of hydrogen-bond donors (Lipinski definition) is 1. The average Bonchev–Trinajstić information content (AvgIpc) is 2.17. The summed E-state index contributed by atoms with van der Waals surface area (Å²) in [5.74, 6) is -1.41. The number of carboxylic acid groups (broad SMARTS) is 1. The lowest BCUT2D eigenvalue weighted by atomic mass is 9.71. The molecule has 0 aliphatic heterocycles. The molecule has 3 atom stereocenters. The summed E-state index contributed by atoms with van der Waals surface area (Å²) in [6, 6.07) is 0. The Labute approximate surface area is 82.1 Å². The Bertz CT molecular complexity index is 327. The molecule has 0 saturated heterocycles. The Kier molecular flexibility index (Phi) is 2.23. The Morgan fingerprint density at radius 2 is 2.14 bits per heavy atom. The highest BCUT2D eigenvalue weighted by Gasteiger charge is 2.37. The monoisotopic (exact) mass is 192 g/mol. The van der Waals surface area contributed by atoms with Crippen LogP contribution >= 0.6 is 0 Å². The molecule has 0 aromatic heterocycles. The number of hydrogen-bond acceptors (Lipinski definition) is 2. The van der Waals surface area contributed by atoms with Crippen LogP contribution in [0.4, 0.5) is 0 Å². The Morgan fingerprint density at radius 1 is 1.36 bits per heavy atom. The molecule has 2 rings (SSSR count). The van der Waals surface area contributed by atoms with Gasteiger partial charge in [-0.15, -0.1) is 0 Å². The molecule has 0 fully saturated rings. The maximum absolute atomic E-state index is 11.5. The summed E-state index contributed by atoms with van der Waals surface area (Å²) in [4.78, 5) is 22.4. The minimum Gasteiger partial charge on any atom is -0.481 e. The topological polar surface area (TPSA) is 54.4 Å². The largest absolute Gasteiger partial charge is 0.481 e. The SMILES string of the molecule is O=C(O)C1C=CCC2C(=O)CC=CC12. The van der Waals surface area contributed by atoms with Crippen LogP contribution in [-0.4, -0.2) is 16.9 Å². The molecule has 2 aliphatic carbocycles. The predicted molar refractivity (Wildman–Crippen MR) is 50.6 cm³/mol. The van der Waals surface area contributed by atoms with E-state index < -0.39 is 11.9 Å². The van der Waals surface area contributed by atoms with Gasteiger partial charge in [-0.05, 0) is 6.42 Å². The van der Waals surface area contributed by atoms with Crippen molar-refractivity contribution in [1.29, 1.82) is 0 Å². The van der Waals surface area contributed by atoms with Crippen molar-refractivity contribution in [3.63, 3.8) is 0 Å². The highest BCUT2D eigenvalue weighted by Crippen LogP contribution is 2.35. The quantitative estimate of drug-likeness (QED) is 0.639. The van der Waals surface area contributed by atoms with Crippen molar-refractivity contribution in [3.8, 4) is 0 Å². The molecule has 3 heteroatoms. The first-order chi connectivity index (χ1) is 6.70. The van der Waals surface area contributed by atoms with Crippen molar-refractivity contribution in [1.82, 2.24) is 0 Å². The number of carbonyl (C=O) groups excluding carboxylic acids is 1. The third-order valence-electron chi connectivity index (χ3n) is 2.99.